The molecule has 2 heterocycles. The molecule has 1 aromatic rings. The number of hydrogen-bond acceptors (Lipinski definition) is 3. The van der Waals surface area contributed by atoms with Gasteiger partial charge in [0.15, 0.2) is 0 Å². The number of nitrogens with zero attached hydrogens (tertiary/aromatic N) is 1. The van der Waals surface area contributed by atoms with E-state index in [1.807, 2.05) is 6.07 Å². The van der Waals surface area contributed by atoms with Crippen molar-refractivity contribution in [2.75, 3.05) is 0 Å². The maximum atomic E-state index is 11.6. The number of amides is 2. The zero-order valence-electron chi connectivity index (χ0n) is 13.2. The number of β-lactam (4-membered cyclic amide) rings is 1. The van der Waals surface area contributed by atoms with Crippen LogP contribution >= 0.6 is 11.6 Å². The van der Waals surface area contributed by atoms with Crippen molar-refractivity contribution in [1.82, 2.24) is 10.2 Å². The maximum absolute atomic E-state index is 11.6. The van der Waals surface area contributed by atoms with Crippen LogP contribution in [0, 0.1) is 0 Å². The fourth-order valence-corrected chi connectivity index (χ4v) is 3.11. The molecule has 0 aromatic heterocycles. The third-order valence-electron chi connectivity index (χ3n) is 4.08. The van der Waals surface area contributed by atoms with Crippen molar-refractivity contribution in [3.05, 3.63) is 46.6 Å². The number of aliphatic carboxylic acids is 1. The first-order chi connectivity index (χ1) is 11.5. The van der Waals surface area contributed by atoms with Gasteiger partial charge in [0.2, 0.25) is 6.41 Å². The van der Waals surface area contributed by atoms with E-state index in [-0.39, 0.29) is 16.8 Å². The molecule has 1 aromatic carbocycles. The zero-order valence-corrected chi connectivity index (χ0v) is 14.0. The number of carboxylic acids is 1. The molecule has 0 radical (unpaired) electrons. The highest BCUT2D eigenvalue weighted by Gasteiger charge is 2.52. The van der Waals surface area contributed by atoms with E-state index in [1.54, 1.807) is 0 Å². The number of hydrogen-bond donors (Lipinski definition) is 2. The highest BCUT2D eigenvalue weighted by atomic mass is 35.5. The lowest BCUT2D eigenvalue weighted by atomic mass is 9.86. The Morgan fingerprint density at radius 1 is 1.42 bits per heavy atom. The second-order valence-corrected chi connectivity index (χ2v) is 5.93. The first kappa shape index (κ1) is 18.0. The van der Waals surface area contributed by atoms with Crippen molar-refractivity contribution in [1.29, 1.82) is 0 Å². The van der Waals surface area contributed by atoms with Crippen LogP contribution in [0.25, 0.3) is 0 Å². The van der Waals surface area contributed by atoms with Gasteiger partial charge in [-0.3, -0.25) is 14.5 Å². The third-order valence-corrected chi connectivity index (χ3v) is 4.45. The summed E-state index contributed by atoms with van der Waals surface area (Å²) in [4.78, 5) is 34.0. The Balaban J connectivity index is 0.000000219. The molecule has 1 fully saturated rings. The van der Waals surface area contributed by atoms with Gasteiger partial charge in [-0.05, 0) is 24.8 Å². The quantitative estimate of drug-likeness (QED) is 0.641. The van der Waals surface area contributed by atoms with E-state index in [0.29, 0.717) is 19.3 Å². The second kappa shape index (κ2) is 7.97. The van der Waals surface area contributed by atoms with Gasteiger partial charge in [-0.1, -0.05) is 48.9 Å². The summed E-state index contributed by atoms with van der Waals surface area (Å²) < 4.78 is 0. The fourth-order valence-electron chi connectivity index (χ4n) is 2.83. The van der Waals surface area contributed by atoms with Gasteiger partial charge >= 0.3 is 5.97 Å². The lowest BCUT2D eigenvalue weighted by Crippen LogP contribution is -2.70. The van der Waals surface area contributed by atoms with Crippen molar-refractivity contribution in [2.24, 2.45) is 0 Å². The van der Waals surface area contributed by atoms with Crippen molar-refractivity contribution >= 4 is 29.9 Å². The Hall–Kier alpha value is -2.34. The molecule has 6 nitrogen and oxygen atoms in total. The number of fused-ring (bicyclic) bond motifs is 1. The van der Waals surface area contributed by atoms with Crippen LogP contribution in [0.1, 0.15) is 25.3 Å². The Kier molecular flexibility index (Phi) is 5.98. The molecule has 2 atom stereocenters. The normalized spacial score (nSPS) is 21.9. The number of carboxylic acid groups (broad SMARTS) is 1. The predicted octanol–water partition coefficient (Wildman–Crippen LogP) is 1.89. The molecular weight excluding hydrogens is 332 g/mol. The first-order valence-electron chi connectivity index (χ1n) is 7.69. The average molecular weight is 351 g/mol. The summed E-state index contributed by atoms with van der Waals surface area (Å²) in [5, 5.41) is 11.5. The molecule has 0 saturated carbocycles. The highest BCUT2D eigenvalue weighted by Crippen LogP contribution is 2.37. The van der Waals surface area contributed by atoms with E-state index in [9.17, 15) is 14.4 Å². The zero-order chi connectivity index (χ0) is 17.7. The van der Waals surface area contributed by atoms with Gasteiger partial charge in [0.1, 0.15) is 11.7 Å². The number of halogens is 1. The van der Waals surface area contributed by atoms with Gasteiger partial charge in [-0.2, -0.15) is 0 Å². The van der Waals surface area contributed by atoms with Crippen LogP contribution in [0.5, 0.6) is 0 Å². The minimum Gasteiger partial charge on any atom is -0.477 e. The smallest absolute Gasteiger partial charge is 0.353 e. The lowest BCUT2D eigenvalue weighted by molar-refractivity contribution is -0.154. The molecule has 3 rings (SSSR count). The van der Waals surface area contributed by atoms with Gasteiger partial charge in [-0.15, -0.1) is 0 Å². The summed E-state index contributed by atoms with van der Waals surface area (Å²) in [6.45, 7) is 2.16. The van der Waals surface area contributed by atoms with Crippen LogP contribution < -0.4 is 5.32 Å². The fraction of sp³-hybridized carbons (Fsp3) is 0.353. The predicted molar refractivity (Wildman–Crippen MR) is 89.2 cm³/mol. The number of nitrogens with one attached hydrogen (secondary N) is 1. The van der Waals surface area contributed by atoms with Crippen molar-refractivity contribution < 1.29 is 19.5 Å². The summed E-state index contributed by atoms with van der Waals surface area (Å²) in [5.74, 6) is -1.64. The van der Waals surface area contributed by atoms with Crippen molar-refractivity contribution in [2.45, 2.75) is 38.3 Å². The minimum atomic E-state index is -1.22. The molecule has 2 aliphatic rings. The Morgan fingerprint density at radius 3 is 2.58 bits per heavy atom. The molecule has 2 aliphatic heterocycles. The van der Waals surface area contributed by atoms with Gasteiger partial charge in [-0.25, -0.2) is 4.79 Å². The molecule has 2 unspecified atom stereocenters. The number of aryl methyl sites for hydroxylation is 1. The van der Waals surface area contributed by atoms with Crippen LogP contribution in [-0.2, 0) is 20.8 Å². The van der Waals surface area contributed by atoms with Crippen molar-refractivity contribution in [3.8, 4) is 0 Å². The van der Waals surface area contributed by atoms with E-state index in [1.165, 1.54) is 5.56 Å². The summed E-state index contributed by atoms with van der Waals surface area (Å²) in [7, 11) is 0. The topological polar surface area (TPSA) is 86.7 Å². The Labute approximate surface area is 145 Å². The highest BCUT2D eigenvalue weighted by molar-refractivity contribution is 6.32. The molecule has 7 heteroatoms. The van der Waals surface area contributed by atoms with E-state index in [2.05, 4.69) is 36.5 Å². The number of carbonyl (C=O) groups is 3. The van der Waals surface area contributed by atoms with Crippen LogP contribution in [-0.4, -0.2) is 40.4 Å². The standard InChI is InChI=1S/C9H9ClN2O4.C8H10/c10-4-1-2-5-6(11-3-13)8(14)12(5)7(4)9(15)16;1-2-8-6-4-3-5-7-8/h3,5-6H,1-2H2,(H,11,13)(H,15,16);3-7H,2H2,1H3. The van der Waals surface area contributed by atoms with E-state index >= 15 is 0 Å². The van der Waals surface area contributed by atoms with E-state index in [0.717, 1.165) is 11.3 Å². The molecule has 0 spiro atoms. The number of benzene rings is 1. The Bertz CT molecular complexity index is 660. The first-order valence-corrected chi connectivity index (χ1v) is 8.07. The van der Waals surface area contributed by atoms with Gasteiger partial charge < -0.3 is 10.4 Å². The van der Waals surface area contributed by atoms with Crippen molar-refractivity contribution in [3.63, 3.8) is 0 Å². The van der Waals surface area contributed by atoms with Gasteiger partial charge in [0.05, 0.1) is 6.04 Å². The number of rotatable bonds is 4. The van der Waals surface area contributed by atoms with E-state index < -0.39 is 17.9 Å². The average Bonchev–Trinajstić information content (AvgIpc) is 2.60. The molecular formula is C17H19ClN2O4. The maximum Gasteiger partial charge on any atom is 0.353 e. The SMILES string of the molecule is CCc1ccccc1.O=CNC1C(=O)N2C(C(=O)O)=C(Cl)CCC12. The summed E-state index contributed by atoms with van der Waals surface area (Å²) in [6.07, 6.45) is 2.56. The number of carbonyl (C=O) groups excluding carboxylic acids is 2. The summed E-state index contributed by atoms with van der Waals surface area (Å²) in [6, 6.07) is 9.56. The Morgan fingerprint density at radius 2 is 2.08 bits per heavy atom. The summed E-state index contributed by atoms with van der Waals surface area (Å²) >= 11 is 5.78. The molecule has 0 aliphatic carbocycles. The lowest BCUT2D eigenvalue weighted by Gasteiger charge is -2.49. The minimum absolute atomic E-state index is 0.160. The van der Waals surface area contributed by atoms with Crippen LogP contribution in [0.3, 0.4) is 0 Å². The second-order valence-electron chi connectivity index (χ2n) is 5.47. The molecule has 1 saturated heterocycles. The van der Waals surface area contributed by atoms with Crippen LogP contribution in [0.15, 0.2) is 41.1 Å². The number of allylic oxidation sites excluding steroid dienone is 1. The summed E-state index contributed by atoms with van der Waals surface area (Å²) in [5.41, 5.74) is 1.25. The van der Waals surface area contributed by atoms with Gasteiger partial charge in [0.25, 0.3) is 5.91 Å². The largest absolute Gasteiger partial charge is 0.477 e. The molecule has 2 amide bonds. The third kappa shape index (κ3) is 3.59. The van der Waals surface area contributed by atoms with Gasteiger partial charge in [0, 0.05) is 5.03 Å². The molecule has 24 heavy (non-hydrogen) atoms. The monoisotopic (exact) mass is 350 g/mol. The van der Waals surface area contributed by atoms with E-state index in [4.69, 9.17) is 16.7 Å². The van der Waals surface area contributed by atoms with Crippen LogP contribution in [0.4, 0.5) is 0 Å². The molecule has 128 valence electrons. The molecule has 2 N–H and O–H groups in total. The van der Waals surface area contributed by atoms with Crippen LogP contribution in [0.2, 0.25) is 0 Å². The molecule has 0 bridgehead atoms.